The second-order valence-electron chi connectivity index (χ2n) is 7.31. The van der Waals surface area contributed by atoms with Crippen LogP contribution >= 0.6 is 11.6 Å². The highest BCUT2D eigenvalue weighted by molar-refractivity contribution is 6.31. The number of amides is 2. The molecule has 1 aliphatic heterocycles. The number of carbonyl (C=O) groups is 2. The Morgan fingerprint density at radius 1 is 1.34 bits per heavy atom. The first-order valence-electron chi connectivity index (χ1n) is 9.60. The molecule has 0 radical (unpaired) electrons. The average Bonchev–Trinajstić information content (AvgIpc) is 3.13. The Hall–Kier alpha value is -2.86. The summed E-state index contributed by atoms with van der Waals surface area (Å²) in [6, 6.07) is 10.9. The quantitative estimate of drug-likeness (QED) is 0.804. The number of hydrogen-bond donors (Lipinski definition) is 1. The van der Waals surface area contributed by atoms with Crippen LogP contribution in [0.5, 0.6) is 5.75 Å². The molecule has 1 atom stereocenters. The monoisotopic (exact) mass is 411 g/mol. The molecule has 2 aliphatic rings. The molecule has 1 saturated carbocycles. The van der Waals surface area contributed by atoms with Gasteiger partial charge in [-0.25, -0.2) is 0 Å². The summed E-state index contributed by atoms with van der Waals surface area (Å²) in [5.41, 5.74) is 3.65. The first-order chi connectivity index (χ1) is 14.0. The number of carbonyl (C=O) groups excluding carboxylic acids is 2. The van der Waals surface area contributed by atoms with Gasteiger partial charge in [-0.05, 0) is 49.9 Å². The summed E-state index contributed by atoms with van der Waals surface area (Å²) in [6.45, 7) is 1.75. The van der Waals surface area contributed by atoms with Gasteiger partial charge in [0.2, 0.25) is 11.8 Å². The van der Waals surface area contributed by atoms with E-state index in [1.54, 1.807) is 17.0 Å². The summed E-state index contributed by atoms with van der Waals surface area (Å²) in [4.78, 5) is 32.4. The number of nitrogens with one attached hydrogen (secondary N) is 1. The molecule has 1 aliphatic carbocycles. The summed E-state index contributed by atoms with van der Waals surface area (Å²) in [6.07, 6.45) is 2.54. The number of methoxy groups -OCH3 is 1. The summed E-state index contributed by atoms with van der Waals surface area (Å²) >= 11 is 6.14. The van der Waals surface area contributed by atoms with Gasteiger partial charge in [-0.1, -0.05) is 23.7 Å². The molecule has 0 spiro atoms. The van der Waals surface area contributed by atoms with E-state index >= 15 is 0 Å². The Morgan fingerprint density at radius 2 is 2.14 bits per heavy atom. The molecule has 2 amide bonds. The van der Waals surface area contributed by atoms with Crippen molar-refractivity contribution < 1.29 is 14.3 Å². The predicted molar refractivity (Wildman–Crippen MR) is 115 cm³/mol. The zero-order valence-electron chi connectivity index (χ0n) is 16.4. The van der Waals surface area contributed by atoms with E-state index in [9.17, 15) is 9.59 Å². The van der Waals surface area contributed by atoms with Crippen LogP contribution in [-0.2, 0) is 9.59 Å². The Morgan fingerprint density at radius 3 is 2.93 bits per heavy atom. The fourth-order valence-corrected chi connectivity index (χ4v) is 4.06. The molecular weight excluding hydrogens is 390 g/mol. The molecule has 0 aromatic heterocycles. The molecule has 29 heavy (non-hydrogen) atoms. The summed E-state index contributed by atoms with van der Waals surface area (Å²) in [5.74, 6) is -0.157. The molecule has 1 N–H and O–H groups in total. The van der Waals surface area contributed by atoms with Gasteiger partial charge in [0.1, 0.15) is 12.3 Å². The van der Waals surface area contributed by atoms with Gasteiger partial charge in [0.05, 0.1) is 30.1 Å². The number of halogens is 1. The molecular formula is C22H22ClN3O3. The van der Waals surface area contributed by atoms with E-state index in [2.05, 4.69) is 5.32 Å². The minimum Gasteiger partial charge on any atom is -0.495 e. The van der Waals surface area contributed by atoms with Crippen molar-refractivity contribution in [3.63, 3.8) is 0 Å². The van der Waals surface area contributed by atoms with Gasteiger partial charge in [-0.2, -0.15) is 0 Å². The van der Waals surface area contributed by atoms with Crippen molar-refractivity contribution in [3.8, 4) is 5.75 Å². The van der Waals surface area contributed by atoms with Crippen molar-refractivity contribution in [2.75, 3.05) is 23.9 Å². The smallest absolute Gasteiger partial charge is 0.244 e. The van der Waals surface area contributed by atoms with Crippen molar-refractivity contribution in [2.24, 2.45) is 10.9 Å². The Bertz CT molecular complexity index is 1020. The van der Waals surface area contributed by atoms with Crippen molar-refractivity contribution in [1.82, 2.24) is 0 Å². The van der Waals surface area contributed by atoms with Crippen LogP contribution in [0.15, 0.2) is 41.4 Å². The second kappa shape index (κ2) is 7.87. The first kappa shape index (κ1) is 19.5. The van der Waals surface area contributed by atoms with Gasteiger partial charge < -0.3 is 15.0 Å². The minimum absolute atomic E-state index is 0.0689. The molecule has 2 aromatic carbocycles. The zero-order valence-corrected chi connectivity index (χ0v) is 17.1. The second-order valence-corrected chi connectivity index (χ2v) is 7.72. The van der Waals surface area contributed by atoms with Crippen molar-refractivity contribution in [2.45, 2.75) is 26.2 Å². The third-order valence-electron chi connectivity index (χ3n) is 5.39. The van der Waals surface area contributed by atoms with E-state index in [1.807, 2.05) is 31.2 Å². The van der Waals surface area contributed by atoms with Crippen molar-refractivity contribution >= 4 is 46.2 Å². The molecule has 1 fully saturated rings. The zero-order chi connectivity index (χ0) is 20.5. The molecule has 0 saturated heterocycles. The number of aliphatic imine (C=N–C) groups is 1. The normalized spacial score (nSPS) is 17.9. The lowest BCUT2D eigenvalue weighted by molar-refractivity contribution is -0.123. The maximum absolute atomic E-state index is 13.2. The van der Waals surface area contributed by atoms with Crippen LogP contribution in [0.25, 0.3) is 0 Å². The van der Waals surface area contributed by atoms with Crippen LogP contribution in [0.4, 0.5) is 17.1 Å². The topological polar surface area (TPSA) is 71.0 Å². The lowest BCUT2D eigenvalue weighted by Crippen LogP contribution is -2.41. The molecule has 2 aromatic rings. The van der Waals surface area contributed by atoms with Gasteiger partial charge in [0, 0.05) is 16.8 Å². The fraction of sp³-hybridized carbons (Fsp3) is 0.318. The number of hydrogen-bond acceptors (Lipinski definition) is 4. The number of aryl methyl sites for hydroxylation is 1. The summed E-state index contributed by atoms with van der Waals surface area (Å²) in [7, 11) is 1.52. The average molecular weight is 412 g/mol. The lowest BCUT2D eigenvalue weighted by Gasteiger charge is -2.24. The van der Waals surface area contributed by atoms with Crippen LogP contribution in [0, 0.1) is 12.8 Å². The van der Waals surface area contributed by atoms with Crippen LogP contribution in [0.1, 0.15) is 24.8 Å². The molecule has 6 nitrogen and oxygen atoms in total. The number of benzene rings is 2. The SMILES string of the molecule is COc1cc(Cl)c(C)cc1NC(=O)CN1C(=O)C2CCCC2=Nc2ccccc21. The predicted octanol–water partition coefficient (Wildman–Crippen LogP) is 4.51. The fourth-order valence-electron chi connectivity index (χ4n) is 3.90. The largest absolute Gasteiger partial charge is 0.495 e. The van der Waals surface area contributed by atoms with E-state index in [-0.39, 0.29) is 24.3 Å². The van der Waals surface area contributed by atoms with Crippen LogP contribution in [-0.4, -0.2) is 31.2 Å². The van der Waals surface area contributed by atoms with Gasteiger partial charge in [0.15, 0.2) is 0 Å². The van der Waals surface area contributed by atoms with Gasteiger partial charge in [0.25, 0.3) is 0 Å². The summed E-state index contributed by atoms with van der Waals surface area (Å²) < 4.78 is 5.33. The van der Waals surface area contributed by atoms with E-state index in [1.165, 1.54) is 7.11 Å². The number of ether oxygens (including phenoxy) is 1. The molecule has 1 unspecified atom stereocenters. The Labute approximate surface area is 174 Å². The third-order valence-corrected chi connectivity index (χ3v) is 5.79. The Balaban J connectivity index is 1.61. The molecule has 4 rings (SSSR count). The maximum Gasteiger partial charge on any atom is 0.244 e. The van der Waals surface area contributed by atoms with Gasteiger partial charge in [-0.15, -0.1) is 0 Å². The standard InChI is InChI=1S/C22H22ClN3O3/c1-13-10-18(20(29-2)11-15(13)23)25-21(27)12-26-19-9-4-3-7-17(19)24-16-8-5-6-14(16)22(26)28/h3-4,7,9-11,14H,5-6,8,12H2,1-2H3,(H,25,27). The maximum atomic E-state index is 13.2. The van der Waals surface area contributed by atoms with Crippen LogP contribution in [0.3, 0.4) is 0 Å². The first-order valence-corrected chi connectivity index (χ1v) is 9.97. The van der Waals surface area contributed by atoms with Crippen LogP contribution < -0.4 is 15.0 Å². The van der Waals surface area contributed by atoms with Crippen LogP contribution in [0.2, 0.25) is 5.02 Å². The minimum atomic E-state index is -0.311. The van der Waals surface area contributed by atoms with E-state index in [4.69, 9.17) is 21.3 Å². The molecule has 150 valence electrons. The highest BCUT2D eigenvalue weighted by Crippen LogP contribution is 2.38. The highest BCUT2D eigenvalue weighted by atomic mass is 35.5. The van der Waals surface area contributed by atoms with Gasteiger partial charge >= 0.3 is 0 Å². The van der Waals surface area contributed by atoms with Crippen molar-refractivity contribution in [1.29, 1.82) is 0 Å². The number of para-hydroxylation sites is 2. The highest BCUT2D eigenvalue weighted by Gasteiger charge is 2.37. The van der Waals surface area contributed by atoms with E-state index < -0.39 is 0 Å². The molecule has 7 heteroatoms. The lowest BCUT2D eigenvalue weighted by atomic mass is 10.1. The molecule has 0 bridgehead atoms. The van der Waals surface area contributed by atoms with Crippen molar-refractivity contribution in [3.05, 3.63) is 47.0 Å². The number of nitrogens with zero attached hydrogens (tertiary/aromatic N) is 2. The molecule has 1 heterocycles. The number of rotatable bonds is 4. The van der Waals surface area contributed by atoms with E-state index in [0.29, 0.717) is 22.1 Å². The third kappa shape index (κ3) is 3.72. The van der Waals surface area contributed by atoms with Gasteiger partial charge in [-0.3, -0.25) is 14.6 Å². The van der Waals surface area contributed by atoms with E-state index in [0.717, 1.165) is 36.2 Å². The number of fused-ring (bicyclic) bond motifs is 2. The summed E-state index contributed by atoms with van der Waals surface area (Å²) in [5, 5.41) is 3.41. The number of anilines is 2. The Kier molecular flexibility index (Phi) is 5.28.